The van der Waals surface area contributed by atoms with E-state index in [0.717, 1.165) is 0 Å². The predicted octanol–water partition coefficient (Wildman–Crippen LogP) is 2.75. The van der Waals surface area contributed by atoms with Crippen molar-refractivity contribution in [3.05, 3.63) is 29.8 Å². The van der Waals surface area contributed by atoms with Crippen LogP contribution in [0.2, 0.25) is 0 Å². The third kappa shape index (κ3) is 2.06. The largest absolute Gasteiger partial charge is 0.431 e. The number of rotatable bonds is 0. The maximum atomic E-state index is 12.4. The molecule has 78 valence electrons. The van der Waals surface area contributed by atoms with E-state index >= 15 is 0 Å². The fourth-order valence-electron chi connectivity index (χ4n) is 1.26. The summed E-state index contributed by atoms with van der Waals surface area (Å²) < 4.78 is 37.2. The molecule has 0 amide bonds. The average molecular weight is 212 g/mol. The fraction of sp³-hybridized carbons (Fsp3) is 0.200. The van der Waals surface area contributed by atoms with Gasteiger partial charge in [0, 0.05) is 11.8 Å². The van der Waals surface area contributed by atoms with E-state index in [2.05, 4.69) is 9.98 Å². The Balaban J connectivity index is 2.50. The number of alkyl halides is 3. The molecule has 0 atom stereocenters. The highest BCUT2D eigenvalue weighted by Gasteiger charge is 2.35. The third-order valence-corrected chi connectivity index (χ3v) is 1.99. The zero-order valence-electron chi connectivity index (χ0n) is 7.62. The van der Waals surface area contributed by atoms with Gasteiger partial charge in [0.25, 0.3) is 0 Å². The fourth-order valence-corrected chi connectivity index (χ4v) is 1.26. The summed E-state index contributed by atoms with van der Waals surface area (Å²) in [5.41, 5.74) is 0.0616. The molecule has 0 saturated heterocycles. The molecule has 0 saturated carbocycles. The van der Waals surface area contributed by atoms with E-state index < -0.39 is 18.4 Å². The lowest BCUT2D eigenvalue weighted by Crippen LogP contribution is -2.25. The lowest BCUT2D eigenvalue weighted by Gasteiger charge is -2.06. The smallest absolute Gasteiger partial charge is 0.286 e. The van der Waals surface area contributed by atoms with Crippen LogP contribution in [0.3, 0.4) is 0 Å². The SMILES string of the molecule is FC(F)(F)C1=Nc2ccccc2C=NC1. The van der Waals surface area contributed by atoms with Crippen molar-refractivity contribution in [2.24, 2.45) is 9.98 Å². The normalized spacial score (nSPS) is 15.5. The van der Waals surface area contributed by atoms with E-state index in [1.54, 1.807) is 24.3 Å². The van der Waals surface area contributed by atoms with Crippen LogP contribution in [0, 0.1) is 0 Å². The lowest BCUT2D eigenvalue weighted by molar-refractivity contribution is -0.0595. The Hall–Kier alpha value is -1.65. The number of hydrogen-bond acceptors (Lipinski definition) is 2. The van der Waals surface area contributed by atoms with Crippen LogP contribution in [-0.4, -0.2) is 24.6 Å². The molecule has 15 heavy (non-hydrogen) atoms. The Kier molecular flexibility index (Phi) is 2.30. The molecular weight excluding hydrogens is 205 g/mol. The van der Waals surface area contributed by atoms with Crippen LogP contribution in [0.5, 0.6) is 0 Å². The lowest BCUT2D eigenvalue weighted by atomic mass is 10.2. The van der Waals surface area contributed by atoms with Gasteiger partial charge in [-0.25, -0.2) is 4.99 Å². The average Bonchev–Trinajstić information content (AvgIpc) is 2.38. The van der Waals surface area contributed by atoms with Gasteiger partial charge in [-0.05, 0) is 6.07 Å². The van der Waals surface area contributed by atoms with Gasteiger partial charge in [-0.15, -0.1) is 0 Å². The highest BCUT2D eigenvalue weighted by Crippen LogP contribution is 2.25. The summed E-state index contributed by atoms with van der Waals surface area (Å²) in [4.78, 5) is 7.26. The van der Waals surface area contributed by atoms with E-state index in [9.17, 15) is 13.2 Å². The molecule has 0 bridgehead atoms. The first-order valence-corrected chi connectivity index (χ1v) is 4.31. The maximum Gasteiger partial charge on any atom is 0.431 e. The minimum Gasteiger partial charge on any atom is -0.286 e. The van der Waals surface area contributed by atoms with Gasteiger partial charge in [0.05, 0.1) is 12.2 Å². The molecular formula is C10H7F3N2. The van der Waals surface area contributed by atoms with Crippen LogP contribution < -0.4 is 0 Å². The molecule has 0 unspecified atom stereocenters. The van der Waals surface area contributed by atoms with Gasteiger partial charge in [0.15, 0.2) is 0 Å². The van der Waals surface area contributed by atoms with Crippen molar-refractivity contribution in [3.8, 4) is 0 Å². The molecule has 2 rings (SSSR count). The van der Waals surface area contributed by atoms with E-state index in [1.165, 1.54) is 6.21 Å². The molecule has 1 aromatic rings. The molecule has 0 N–H and O–H groups in total. The Morgan fingerprint density at radius 1 is 1.13 bits per heavy atom. The Morgan fingerprint density at radius 3 is 2.60 bits per heavy atom. The van der Waals surface area contributed by atoms with Crippen molar-refractivity contribution in [2.45, 2.75) is 6.18 Å². The van der Waals surface area contributed by atoms with Crippen molar-refractivity contribution in [1.29, 1.82) is 0 Å². The molecule has 0 radical (unpaired) electrons. The second kappa shape index (κ2) is 3.49. The Morgan fingerprint density at radius 2 is 1.87 bits per heavy atom. The third-order valence-electron chi connectivity index (χ3n) is 1.99. The summed E-state index contributed by atoms with van der Waals surface area (Å²) in [5, 5.41) is 0. The quantitative estimate of drug-likeness (QED) is 0.631. The summed E-state index contributed by atoms with van der Waals surface area (Å²) in [6, 6.07) is 6.61. The van der Waals surface area contributed by atoms with Crippen LogP contribution >= 0.6 is 0 Å². The van der Waals surface area contributed by atoms with Gasteiger partial charge in [0.1, 0.15) is 5.71 Å². The molecule has 0 fully saturated rings. The first-order valence-electron chi connectivity index (χ1n) is 4.31. The van der Waals surface area contributed by atoms with Crippen LogP contribution in [-0.2, 0) is 0 Å². The molecule has 1 aliphatic rings. The van der Waals surface area contributed by atoms with Crippen molar-refractivity contribution in [1.82, 2.24) is 0 Å². The number of aliphatic imine (C=N–C) groups is 2. The summed E-state index contributed by atoms with van der Waals surface area (Å²) in [7, 11) is 0. The van der Waals surface area contributed by atoms with Crippen molar-refractivity contribution >= 4 is 17.6 Å². The van der Waals surface area contributed by atoms with Gasteiger partial charge < -0.3 is 0 Å². The van der Waals surface area contributed by atoms with Crippen LogP contribution in [0.15, 0.2) is 34.3 Å². The summed E-state index contributed by atoms with van der Waals surface area (Å²) in [5.74, 6) is 0. The van der Waals surface area contributed by atoms with Gasteiger partial charge in [0.2, 0.25) is 0 Å². The molecule has 5 heteroatoms. The second-order valence-electron chi connectivity index (χ2n) is 3.08. The molecule has 1 aromatic carbocycles. The number of para-hydroxylation sites is 1. The van der Waals surface area contributed by atoms with Crippen molar-refractivity contribution < 1.29 is 13.2 Å². The zero-order valence-corrected chi connectivity index (χ0v) is 7.62. The monoisotopic (exact) mass is 212 g/mol. The van der Waals surface area contributed by atoms with Crippen molar-refractivity contribution in [3.63, 3.8) is 0 Å². The van der Waals surface area contributed by atoms with E-state index in [-0.39, 0.29) is 0 Å². The highest BCUT2D eigenvalue weighted by molar-refractivity contribution is 5.99. The number of nitrogens with zero attached hydrogens (tertiary/aromatic N) is 2. The first-order chi connectivity index (χ1) is 7.07. The number of hydrogen-bond donors (Lipinski definition) is 0. The molecule has 0 spiro atoms. The number of benzene rings is 1. The Labute approximate surface area is 84.2 Å². The van der Waals surface area contributed by atoms with Gasteiger partial charge in [-0.3, -0.25) is 4.99 Å². The molecule has 0 aromatic heterocycles. The zero-order chi connectivity index (χ0) is 10.9. The second-order valence-corrected chi connectivity index (χ2v) is 3.08. The van der Waals surface area contributed by atoms with E-state index in [1.807, 2.05) is 0 Å². The van der Waals surface area contributed by atoms with Gasteiger partial charge >= 0.3 is 6.18 Å². The first kappa shape index (κ1) is 9.89. The topological polar surface area (TPSA) is 24.7 Å². The van der Waals surface area contributed by atoms with Gasteiger partial charge in [-0.1, -0.05) is 18.2 Å². The number of fused-ring (bicyclic) bond motifs is 1. The molecule has 2 nitrogen and oxygen atoms in total. The van der Waals surface area contributed by atoms with E-state index in [4.69, 9.17) is 0 Å². The predicted molar refractivity (Wildman–Crippen MR) is 52.1 cm³/mol. The maximum absolute atomic E-state index is 12.4. The Bertz CT molecular complexity index is 433. The van der Waals surface area contributed by atoms with Crippen molar-refractivity contribution in [2.75, 3.05) is 6.54 Å². The number of halogens is 3. The molecule has 1 aliphatic heterocycles. The highest BCUT2D eigenvalue weighted by atomic mass is 19.4. The summed E-state index contributed by atoms with van der Waals surface area (Å²) >= 11 is 0. The molecule has 1 heterocycles. The minimum absolute atomic E-state index is 0.311. The summed E-state index contributed by atoms with van der Waals surface area (Å²) in [6.07, 6.45) is -2.99. The standard InChI is InChI=1S/C10H7F3N2/c11-10(12,13)9-6-14-5-7-3-1-2-4-8(7)15-9/h1-5H,6H2. The van der Waals surface area contributed by atoms with E-state index in [0.29, 0.717) is 11.3 Å². The van der Waals surface area contributed by atoms with Crippen LogP contribution in [0.25, 0.3) is 0 Å². The van der Waals surface area contributed by atoms with Gasteiger partial charge in [-0.2, -0.15) is 13.2 Å². The minimum atomic E-state index is -4.41. The molecule has 0 aliphatic carbocycles. The summed E-state index contributed by atoms with van der Waals surface area (Å²) in [6.45, 7) is -0.418. The van der Waals surface area contributed by atoms with Crippen LogP contribution in [0.1, 0.15) is 5.56 Å². The van der Waals surface area contributed by atoms with Crippen LogP contribution in [0.4, 0.5) is 18.9 Å².